The normalized spacial score (nSPS) is 16.7. The number of nitrogens with zero attached hydrogens (tertiary/aromatic N) is 1. The predicted molar refractivity (Wildman–Crippen MR) is 129 cm³/mol. The van der Waals surface area contributed by atoms with Crippen molar-refractivity contribution in [2.75, 3.05) is 24.5 Å². The smallest absolute Gasteiger partial charge is 0.227 e. The maximum Gasteiger partial charge on any atom is 0.227 e. The van der Waals surface area contributed by atoms with Crippen LogP contribution in [0.5, 0.6) is 5.75 Å². The first-order valence-corrected chi connectivity index (χ1v) is 11.9. The monoisotopic (exact) mass is 418 g/mol. The van der Waals surface area contributed by atoms with E-state index in [1.165, 1.54) is 27.7 Å². The molecule has 4 nitrogen and oxygen atoms in total. The summed E-state index contributed by atoms with van der Waals surface area (Å²) >= 11 is 1.30. The Labute approximate surface area is 180 Å². The molecule has 0 aliphatic carbocycles. The van der Waals surface area contributed by atoms with E-state index in [4.69, 9.17) is 5.73 Å². The lowest BCUT2D eigenvalue weighted by atomic mass is 9.88. The van der Waals surface area contributed by atoms with Crippen LogP contribution in [-0.2, 0) is 18.2 Å². The third kappa shape index (κ3) is 5.43. The van der Waals surface area contributed by atoms with Crippen LogP contribution in [0.25, 0.3) is 10.9 Å². The molecule has 0 bridgehead atoms. The van der Waals surface area contributed by atoms with E-state index < -0.39 is 0 Å². The number of piperidine rings is 1. The average Bonchev–Trinajstić information content (AvgIpc) is 2.90. The summed E-state index contributed by atoms with van der Waals surface area (Å²) in [6, 6.07) is 4.00. The first-order chi connectivity index (χ1) is 13.5. The summed E-state index contributed by atoms with van der Waals surface area (Å²) in [5, 5.41) is 13.4. The summed E-state index contributed by atoms with van der Waals surface area (Å²) in [4.78, 5) is 6.13. The minimum Gasteiger partial charge on any atom is -0.506 e. The van der Waals surface area contributed by atoms with Gasteiger partial charge in [0.25, 0.3) is 0 Å². The second-order valence-corrected chi connectivity index (χ2v) is 12.8. The van der Waals surface area contributed by atoms with Crippen molar-refractivity contribution in [3.8, 4) is 5.75 Å². The molecule has 5 heteroatoms. The van der Waals surface area contributed by atoms with Crippen LogP contribution in [-0.4, -0.2) is 34.5 Å². The van der Waals surface area contributed by atoms with Gasteiger partial charge in [0.1, 0.15) is 16.2 Å². The number of aromatic nitrogens is 1. The second kappa shape index (κ2) is 8.43. The van der Waals surface area contributed by atoms with Gasteiger partial charge in [-0.05, 0) is 76.5 Å². The van der Waals surface area contributed by atoms with Crippen LogP contribution in [0.1, 0.15) is 66.4 Å². The number of nitrogens with one attached hydrogen (secondary N) is 1. The maximum atomic E-state index is 10.8. The average molecular weight is 419 g/mol. The lowest BCUT2D eigenvalue weighted by Gasteiger charge is -2.34. The number of fused-ring (bicyclic) bond motifs is 1. The van der Waals surface area contributed by atoms with Crippen molar-refractivity contribution < 1.29 is 5.11 Å². The van der Waals surface area contributed by atoms with E-state index in [-0.39, 0.29) is 10.2 Å². The Morgan fingerprint density at radius 3 is 2.34 bits per heavy atom. The summed E-state index contributed by atoms with van der Waals surface area (Å²) in [6.45, 7) is 16.5. The fourth-order valence-electron chi connectivity index (χ4n) is 4.42. The Morgan fingerprint density at radius 2 is 1.79 bits per heavy atom. The van der Waals surface area contributed by atoms with Gasteiger partial charge in [-0.2, -0.15) is 0 Å². The number of thiol groups is 1. The number of rotatable bonds is 5. The summed E-state index contributed by atoms with van der Waals surface area (Å²) in [5.41, 5.74) is 9.46. The zero-order chi connectivity index (χ0) is 21.4. The van der Waals surface area contributed by atoms with E-state index in [0.717, 1.165) is 56.5 Å². The van der Waals surface area contributed by atoms with Gasteiger partial charge in [-0.1, -0.05) is 20.8 Å². The largest absolute Gasteiger partial charge is 0.506 e. The quantitative estimate of drug-likeness (QED) is 0.473. The minimum absolute atomic E-state index is 0.177. The molecule has 3 rings (SSSR count). The second-order valence-electron chi connectivity index (χ2n) is 10.8. The molecule has 0 unspecified atom stereocenters. The van der Waals surface area contributed by atoms with Crippen LogP contribution in [0, 0.1) is 11.3 Å². The van der Waals surface area contributed by atoms with E-state index in [1.807, 2.05) is 6.07 Å². The lowest BCUT2D eigenvalue weighted by Crippen LogP contribution is -2.34. The van der Waals surface area contributed by atoms with E-state index in [1.54, 1.807) is 0 Å². The first kappa shape index (κ1) is 22.4. The highest BCUT2D eigenvalue weighted by Gasteiger charge is 2.31. The van der Waals surface area contributed by atoms with Crippen molar-refractivity contribution in [2.45, 2.75) is 77.0 Å². The Balaban J connectivity index is 2.05. The van der Waals surface area contributed by atoms with Gasteiger partial charge in [0, 0.05) is 35.8 Å². The molecule has 0 amide bonds. The standard InChI is InChI=1S/C24H39N3OS/c1-23(2,3)15-18-17-7-8-19(28)21(20(17)26-22(18)29-24(4,5)6)27-13-10-16(9-12-25)11-14-27/h7-8,16,26,28H,9-15,25H2,1-6H3/p+1. The lowest BCUT2D eigenvalue weighted by molar-refractivity contribution is 0.383. The molecule has 0 atom stereocenters. The third-order valence-corrected chi connectivity index (χ3v) is 6.95. The van der Waals surface area contributed by atoms with Gasteiger partial charge in [-0.25, -0.2) is 0 Å². The molecule has 0 radical (unpaired) electrons. The fraction of sp³-hybridized carbons (Fsp3) is 0.667. The molecule has 1 saturated heterocycles. The molecular weight excluding hydrogens is 378 g/mol. The molecule has 1 aromatic carbocycles. The van der Waals surface area contributed by atoms with Crippen molar-refractivity contribution in [1.82, 2.24) is 4.98 Å². The molecule has 1 aliphatic heterocycles. The number of anilines is 1. The van der Waals surface area contributed by atoms with Crippen LogP contribution >= 0.6 is 0 Å². The van der Waals surface area contributed by atoms with E-state index in [9.17, 15) is 5.11 Å². The van der Waals surface area contributed by atoms with Crippen LogP contribution in [0.15, 0.2) is 17.2 Å². The van der Waals surface area contributed by atoms with Crippen LogP contribution in [0.3, 0.4) is 0 Å². The van der Waals surface area contributed by atoms with Gasteiger partial charge in [0.2, 0.25) is 5.03 Å². The molecule has 2 aromatic rings. The number of hydrogen-bond donors (Lipinski definition) is 3. The number of nitrogens with two attached hydrogens (primary N) is 1. The van der Waals surface area contributed by atoms with Gasteiger partial charge in [0.05, 0.1) is 5.52 Å². The summed E-state index contributed by atoms with van der Waals surface area (Å²) < 4.78 is 0.177. The van der Waals surface area contributed by atoms with Gasteiger partial charge in [0.15, 0.2) is 0 Å². The Kier molecular flexibility index (Phi) is 6.50. The Hall–Kier alpha value is -1.33. The van der Waals surface area contributed by atoms with Gasteiger partial charge >= 0.3 is 0 Å². The number of phenolic OH excluding ortho intramolecular Hbond substituents is 1. The SMILES string of the molecule is CC(C)(C)Cc1c([SH+]C(C)(C)C)[nH]c2c(N3CCC(CCN)CC3)c(O)ccc12. The summed E-state index contributed by atoms with van der Waals surface area (Å²) in [6.07, 6.45) is 4.43. The molecule has 1 fully saturated rings. The maximum absolute atomic E-state index is 10.8. The predicted octanol–water partition coefficient (Wildman–Crippen LogP) is 5.00. The number of aromatic amines is 1. The molecule has 0 spiro atoms. The molecule has 4 N–H and O–H groups in total. The highest BCUT2D eigenvalue weighted by molar-refractivity contribution is 7.80. The number of aromatic hydroxyl groups is 1. The Bertz CT molecular complexity index is 836. The van der Waals surface area contributed by atoms with Gasteiger partial charge < -0.3 is 20.7 Å². The first-order valence-electron chi connectivity index (χ1n) is 11.0. The van der Waals surface area contributed by atoms with Crippen molar-refractivity contribution in [3.63, 3.8) is 0 Å². The molecular formula is C24H40N3OS+. The van der Waals surface area contributed by atoms with Crippen LogP contribution < -0.4 is 10.6 Å². The van der Waals surface area contributed by atoms with Crippen molar-refractivity contribution in [3.05, 3.63) is 17.7 Å². The zero-order valence-electron chi connectivity index (χ0n) is 19.1. The topological polar surface area (TPSA) is 65.3 Å². The summed E-state index contributed by atoms with van der Waals surface area (Å²) in [5.74, 6) is 1.10. The molecule has 162 valence electrons. The van der Waals surface area contributed by atoms with E-state index >= 15 is 0 Å². The Morgan fingerprint density at radius 1 is 1.14 bits per heavy atom. The molecule has 29 heavy (non-hydrogen) atoms. The van der Waals surface area contributed by atoms with Crippen LogP contribution in [0.2, 0.25) is 0 Å². The highest BCUT2D eigenvalue weighted by atomic mass is 32.2. The number of H-pyrrole nitrogens is 1. The highest BCUT2D eigenvalue weighted by Crippen LogP contribution is 2.42. The van der Waals surface area contributed by atoms with Crippen molar-refractivity contribution >= 4 is 28.4 Å². The summed E-state index contributed by atoms with van der Waals surface area (Å²) in [7, 11) is 0. The zero-order valence-corrected chi connectivity index (χ0v) is 20.0. The van der Waals surface area contributed by atoms with Crippen molar-refractivity contribution in [1.29, 1.82) is 0 Å². The number of hydrogen-bond acceptors (Lipinski definition) is 3. The number of phenols is 1. The van der Waals surface area contributed by atoms with Gasteiger partial charge in [-0.3, -0.25) is 0 Å². The fourth-order valence-corrected chi connectivity index (χ4v) is 5.59. The van der Waals surface area contributed by atoms with Gasteiger partial charge in [-0.15, -0.1) is 0 Å². The molecule has 0 saturated carbocycles. The van der Waals surface area contributed by atoms with Crippen LogP contribution in [0.4, 0.5) is 5.69 Å². The molecule has 1 aliphatic rings. The van der Waals surface area contributed by atoms with E-state index in [0.29, 0.717) is 11.7 Å². The molecule has 2 heterocycles. The van der Waals surface area contributed by atoms with Crippen molar-refractivity contribution in [2.24, 2.45) is 17.1 Å². The third-order valence-electron chi connectivity index (χ3n) is 5.67. The molecule has 1 aromatic heterocycles. The van der Waals surface area contributed by atoms with E-state index in [2.05, 4.69) is 57.5 Å². The minimum atomic E-state index is 0.177. The number of benzene rings is 1.